The van der Waals surface area contributed by atoms with Gasteiger partial charge in [-0.15, -0.1) is 0 Å². The van der Waals surface area contributed by atoms with Crippen LogP contribution < -0.4 is 11.2 Å². The van der Waals surface area contributed by atoms with Crippen molar-refractivity contribution in [1.29, 1.82) is 0 Å². The summed E-state index contributed by atoms with van der Waals surface area (Å²) < 4.78 is 11.7. The lowest BCUT2D eigenvalue weighted by atomic mass is 10.1. The molecule has 0 aromatic carbocycles. The fraction of sp³-hybridized carbons (Fsp3) is 0.667. The van der Waals surface area contributed by atoms with Crippen LogP contribution in [-0.4, -0.2) is 74.2 Å². The maximum atomic E-state index is 11.8. The van der Waals surface area contributed by atoms with Gasteiger partial charge in [0.15, 0.2) is 6.23 Å². The Kier molecular flexibility index (Phi) is 5.45. The summed E-state index contributed by atoms with van der Waals surface area (Å²) in [4.78, 5) is 24.9. The van der Waals surface area contributed by atoms with Crippen LogP contribution in [0.1, 0.15) is 6.23 Å². The highest BCUT2D eigenvalue weighted by Crippen LogP contribution is 2.30. The Balaban J connectivity index is 2.25. The molecule has 1 aliphatic rings. The highest BCUT2D eigenvalue weighted by atomic mass is 16.6. The van der Waals surface area contributed by atoms with E-state index in [2.05, 4.69) is 0 Å². The Bertz CT molecular complexity index is 599. The van der Waals surface area contributed by atoms with Gasteiger partial charge in [-0.05, 0) is 0 Å². The summed E-state index contributed by atoms with van der Waals surface area (Å²) in [5.74, 6) is 0. The van der Waals surface area contributed by atoms with Gasteiger partial charge in [0.05, 0.1) is 19.8 Å². The Morgan fingerprint density at radius 2 is 2.14 bits per heavy atom. The first-order chi connectivity index (χ1) is 10.5. The second-order valence-corrected chi connectivity index (χ2v) is 4.89. The Morgan fingerprint density at radius 1 is 1.41 bits per heavy atom. The molecule has 2 rings (SSSR count). The quantitative estimate of drug-likeness (QED) is 0.362. The zero-order valence-corrected chi connectivity index (χ0v) is 11.5. The summed E-state index contributed by atoms with van der Waals surface area (Å²) in [6.07, 6.45) is -4.38. The Morgan fingerprint density at radius 3 is 2.73 bits per heavy atom. The molecule has 1 aromatic heterocycles. The number of rotatable bonds is 6. The molecule has 2 heterocycles. The van der Waals surface area contributed by atoms with Crippen LogP contribution in [-0.2, 0) is 9.47 Å². The van der Waals surface area contributed by atoms with Crippen LogP contribution in [0, 0.1) is 0 Å². The van der Waals surface area contributed by atoms with Crippen molar-refractivity contribution in [2.45, 2.75) is 30.6 Å². The average Bonchev–Trinajstić information content (AvgIpc) is 2.81. The molecule has 0 aliphatic carbocycles. The SMILES string of the molecule is O=c1ccn([C@@H]2O[C@H](CO)[C@@H](O)[C@H]2OCC(O)CO)c(=O)[nH]1. The van der Waals surface area contributed by atoms with Crippen LogP contribution in [0.5, 0.6) is 0 Å². The zero-order chi connectivity index (χ0) is 16.3. The lowest BCUT2D eigenvalue weighted by Gasteiger charge is -2.23. The van der Waals surface area contributed by atoms with Crippen molar-refractivity contribution in [3.8, 4) is 0 Å². The van der Waals surface area contributed by atoms with E-state index in [0.29, 0.717) is 0 Å². The molecule has 1 saturated heterocycles. The number of aliphatic hydroxyl groups is 4. The van der Waals surface area contributed by atoms with E-state index < -0.39 is 55.1 Å². The zero-order valence-electron chi connectivity index (χ0n) is 11.5. The van der Waals surface area contributed by atoms with Gasteiger partial charge in [0.25, 0.3) is 5.56 Å². The number of nitrogens with one attached hydrogen (secondary N) is 1. The van der Waals surface area contributed by atoms with Crippen molar-refractivity contribution >= 4 is 0 Å². The predicted molar refractivity (Wildman–Crippen MR) is 71.2 cm³/mol. The van der Waals surface area contributed by atoms with E-state index in [0.717, 1.165) is 10.6 Å². The number of hydrogen-bond donors (Lipinski definition) is 5. The fourth-order valence-electron chi connectivity index (χ4n) is 2.18. The van der Waals surface area contributed by atoms with Crippen LogP contribution in [0.2, 0.25) is 0 Å². The van der Waals surface area contributed by atoms with E-state index in [1.165, 1.54) is 6.20 Å². The molecule has 0 radical (unpaired) electrons. The van der Waals surface area contributed by atoms with Gasteiger partial charge in [0.1, 0.15) is 24.4 Å². The van der Waals surface area contributed by atoms with E-state index in [1.54, 1.807) is 0 Å². The van der Waals surface area contributed by atoms with Gasteiger partial charge in [-0.3, -0.25) is 14.3 Å². The first-order valence-electron chi connectivity index (χ1n) is 6.64. The van der Waals surface area contributed by atoms with Gasteiger partial charge < -0.3 is 29.9 Å². The summed E-state index contributed by atoms with van der Waals surface area (Å²) in [6.45, 7) is -1.33. The third-order valence-corrected chi connectivity index (χ3v) is 3.31. The molecule has 22 heavy (non-hydrogen) atoms. The van der Waals surface area contributed by atoms with Crippen molar-refractivity contribution in [3.63, 3.8) is 0 Å². The monoisotopic (exact) mass is 318 g/mol. The largest absolute Gasteiger partial charge is 0.394 e. The number of nitrogens with zero attached hydrogens (tertiary/aromatic N) is 1. The highest BCUT2D eigenvalue weighted by molar-refractivity contribution is 4.94. The third kappa shape index (κ3) is 3.43. The highest BCUT2D eigenvalue weighted by Gasteiger charge is 2.45. The predicted octanol–water partition coefficient (Wildman–Crippen LogP) is -3.47. The molecule has 0 saturated carbocycles. The van der Waals surface area contributed by atoms with Crippen LogP contribution in [0.25, 0.3) is 0 Å². The van der Waals surface area contributed by atoms with Crippen LogP contribution in [0.4, 0.5) is 0 Å². The maximum Gasteiger partial charge on any atom is 0.330 e. The third-order valence-electron chi connectivity index (χ3n) is 3.31. The fourth-order valence-corrected chi connectivity index (χ4v) is 2.18. The minimum atomic E-state index is -1.25. The van der Waals surface area contributed by atoms with Crippen molar-refractivity contribution in [2.75, 3.05) is 19.8 Å². The van der Waals surface area contributed by atoms with Gasteiger partial charge in [-0.25, -0.2) is 4.79 Å². The maximum absolute atomic E-state index is 11.8. The van der Waals surface area contributed by atoms with Gasteiger partial charge in [-0.2, -0.15) is 0 Å². The molecular weight excluding hydrogens is 300 g/mol. The Hall–Kier alpha value is -1.56. The minimum Gasteiger partial charge on any atom is -0.394 e. The van der Waals surface area contributed by atoms with Crippen molar-refractivity contribution in [2.24, 2.45) is 0 Å². The normalized spacial score (nSPS) is 29.6. The molecule has 1 fully saturated rings. The summed E-state index contributed by atoms with van der Waals surface area (Å²) in [7, 11) is 0. The number of aliphatic hydroxyl groups excluding tert-OH is 4. The molecule has 10 heteroatoms. The average molecular weight is 318 g/mol. The molecule has 1 unspecified atom stereocenters. The van der Waals surface area contributed by atoms with Gasteiger partial charge in [-0.1, -0.05) is 0 Å². The second-order valence-electron chi connectivity index (χ2n) is 4.89. The number of hydrogen-bond acceptors (Lipinski definition) is 8. The van der Waals surface area contributed by atoms with Crippen LogP contribution in [0.3, 0.4) is 0 Å². The van der Waals surface area contributed by atoms with Crippen LogP contribution in [0.15, 0.2) is 21.9 Å². The number of ether oxygens (including phenoxy) is 2. The van der Waals surface area contributed by atoms with Gasteiger partial charge >= 0.3 is 5.69 Å². The number of aromatic amines is 1. The first kappa shape index (κ1) is 16.8. The summed E-state index contributed by atoms with van der Waals surface area (Å²) in [6, 6.07) is 1.10. The molecular formula is C12H18N2O8. The molecule has 0 bridgehead atoms. The van der Waals surface area contributed by atoms with Gasteiger partial charge in [0.2, 0.25) is 0 Å². The lowest BCUT2D eigenvalue weighted by molar-refractivity contribution is -0.0974. The van der Waals surface area contributed by atoms with Crippen LogP contribution >= 0.6 is 0 Å². The molecule has 5 atom stereocenters. The summed E-state index contributed by atoms with van der Waals surface area (Å²) >= 11 is 0. The van der Waals surface area contributed by atoms with E-state index in [9.17, 15) is 24.9 Å². The number of aromatic nitrogens is 2. The Labute approximate surface area is 124 Å². The van der Waals surface area contributed by atoms with E-state index in [-0.39, 0.29) is 6.61 Å². The molecule has 0 spiro atoms. The molecule has 1 aromatic rings. The van der Waals surface area contributed by atoms with E-state index in [1.807, 2.05) is 4.98 Å². The minimum absolute atomic E-state index is 0.297. The molecule has 124 valence electrons. The summed E-state index contributed by atoms with van der Waals surface area (Å²) in [5, 5.41) is 37.3. The molecule has 1 aliphatic heterocycles. The van der Waals surface area contributed by atoms with Crippen molar-refractivity contribution < 1.29 is 29.9 Å². The first-order valence-corrected chi connectivity index (χ1v) is 6.64. The molecule has 10 nitrogen and oxygen atoms in total. The topological polar surface area (TPSA) is 154 Å². The smallest absolute Gasteiger partial charge is 0.330 e. The van der Waals surface area contributed by atoms with Crippen molar-refractivity contribution in [1.82, 2.24) is 9.55 Å². The van der Waals surface area contributed by atoms with Gasteiger partial charge in [0, 0.05) is 12.3 Å². The van der Waals surface area contributed by atoms with E-state index >= 15 is 0 Å². The number of H-pyrrole nitrogens is 1. The summed E-state index contributed by atoms with van der Waals surface area (Å²) in [5.41, 5.74) is -1.36. The van der Waals surface area contributed by atoms with Crippen molar-refractivity contribution in [3.05, 3.63) is 33.1 Å². The van der Waals surface area contributed by atoms with E-state index in [4.69, 9.17) is 14.6 Å². The lowest BCUT2D eigenvalue weighted by Crippen LogP contribution is -2.40. The standard InChI is InChI=1S/C12H18N2O8/c15-3-6(17)5-21-10-9(19)7(4-16)22-11(10)14-2-1-8(18)13-12(14)20/h1-2,6-7,9-11,15-17,19H,3-5H2,(H,13,18,20)/t6?,7-,9-,10-,11-/m1/s1. The molecule has 0 amide bonds. The molecule has 5 N–H and O–H groups in total. The second kappa shape index (κ2) is 7.13.